The van der Waals surface area contributed by atoms with Gasteiger partial charge < -0.3 is 14.8 Å². The predicted molar refractivity (Wildman–Crippen MR) is 106 cm³/mol. The Balaban J connectivity index is 1.41. The lowest BCUT2D eigenvalue weighted by Crippen LogP contribution is -2.40. The highest BCUT2D eigenvalue weighted by atomic mass is 32.1. The quantitative estimate of drug-likeness (QED) is 0.706. The van der Waals surface area contributed by atoms with Gasteiger partial charge in [0, 0.05) is 37.4 Å². The van der Waals surface area contributed by atoms with Crippen molar-refractivity contribution in [3.63, 3.8) is 0 Å². The molecule has 0 saturated heterocycles. The van der Waals surface area contributed by atoms with Crippen molar-refractivity contribution < 1.29 is 4.79 Å². The molecule has 2 amide bonds. The number of amides is 2. The van der Waals surface area contributed by atoms with Gasteiger partial charge in [-0.25, -0.2) is 14.8 Å². The van der Waals surface area contributed by atoms with E-state index in [2.05, 4.69) is 15.3 Å². The Kier molecular flexibility index (Phi) is 4.94. The molecule has 1 atom stereocenters. The zero-order chi connectivity index (χ0) is 18.8. The van der Waals surface area contributed by atoms with Gasteiger partial charge in [-0.3, -0.25) is 0 Å². The van der Waals surface area contributed by atoms with Gasteiger partial charge in [0.25, 0.3) is 0 Å². The molecule has 2 heterocycles. The van der Waals surface area contributed by atoms with Crippen LogP contribution in [0.15, 0.2) is 48.1 Å². The van der Waals surface area contributed by atoms with Crippen molar-refractivity contribution in [2.24, 2.45) is 13.0 Å². The molecule has 3 aromatic rings. The molecule has 0 spiro atoms. The molecule has 140 valence electrons. The predicted octanol–water partition coefficient (Wildman–Crippen LogP) is 3.84. The third kappa shape index (κ3) is 4.03. The number of rotatable bonds is 6. The van der Waals surface area contributed by atoms with Crippen molar-refractivity contribution in [2.45, 2.75) is 25.4 Å². The molecule has 0 unspecified atom stereocenters. The highest BCUT2D eigenvalue weighted by Gasteiger charge is 2.36. The van der Waals surface area contributed by atoms with Crippen LogP contribution in [-0.2, 0) is 13.6 Å². The summed E-state index contributed by atoms with van der Waals surface area (Å²) in [6, 6.07) is 9.98. The number of benzene rings is 1. The Labute approximate surface area is 162 Å². The number of urea groups is 1. The Morgan fingerprint density at radius 3 is 2.81 bits per heavy atom. The first kappa shape index (κ1) is 17.7. The second-order valence-corrected chi connectivity index (χ2v) is 7.89. The molecular formula is C20H23N5OS. The van der Waals surface area contributed by atoms with Gasteiger partial charge in [-0.15, -0.1) is 11.3 Å². The van der Waals surface area contributed by atoms with E-state index in [1.54, 1.807) is 29.5 Å². The molecule has 0 bridgehead atoms. The maximum Gasteiger partial charge on any atom is 0.318 e. The minimum Gasteiger partial charge on any atom is -0.336 e. The van der Waals surface area contributed by atoms with Gasteiger partial charge in [0.1, 0.15) is 10.8 Å². The number of nitrogens with one attached hydrogen (secondary N) is 1. The summed E-state index contributed by atoms with van der Waals surface area (Å²) in [4.78, 5) is 23.5. The fourth-order valence-corrected chi connectivity index (χ4v) is 3.97. The molecule has 1 fully saturated rings. The second-order valence-electron chi connectivity index (χ2n) is 7.03. The fraction of sp³-hybridized carbons (Fsp3) is 0.350. The molecule has 4 rings (SSSR count). The van der Waals surface area contributed by atoms with Gasteiger partial charge in [-0.05, 0) is 18.8 Å². The van der Waals surface area contributed by atoms with Crippen LogP contribution >= 0.6 is 11.3 Å². The number of aromatic nitrogens is 3. The van der Waals surface area contributed by atoms with Gasteiger partial charge in [0.2, 0.25) is 0 Å². The number of carbonyl (C=O) groups is 1. The molecule has 0 aliphatic heterocycles. The minimum absolute atomic E-state index is 0.0322. The smallest absolute Gasteiger partial charge is 0.318 e. The van der Waals surface area contributed by atoms with E-state index in [4.69, 9.17) is 0 Å². The molecule has 1 N–H and O–H groups in total. The first-order valence-corrected chi connectivity index (χ1v) is 9.98. The van der Waals surface area contributed by atoms with Crippen LogP contribution in [0, 0.1) is 5.92 Å². The summed E-state index contributed by atoms with van der Waals surface area (Å²) in [6.45, 7) is 0.479. The average Bonchev–Trinajstić information content (AvgIpc) is 3.27. The molecule has 7 heteroatoms. The molecular weight excluding hydrogens is 358 g/mol. The molecule has 0 radical (unpaired) electrons. The molecule has 1 aromatic carbocycles. The fourth-order valence-electron chi connectivity index (χ4n) is 3.15. The number of hydrogen-bond donors (Lipinski definition) is 1. The summed E-state index contributed by atoms with van der Waals surface area (Å²) in [5.74, 6) is 1.40. The topological polar surface area (TPSA) is 63.1 Å². The van der Waals surface area contributed by atoms with Crippen LogP contribution < -0.4 is 5.32 Å². The number of imidazole rings is 1. The highest BCUT2D eigenvalue weighted by Crippen LogP contribution is 2.40. The van der Waals surface area contributed by atoms with Crippen LogP contribution in [0.2, 0.25) is 0 Å². The van der Waals surface area contributed by atoms with Crippen molar-refractivity contribution in [3.8, 4) is 10.6 Å². The lowest BCUT2D eigenvalue weighted by Gasteiger charge is -2.23. The van der Waals surface area contributed by atoms with E-state index >= 15 is 0 Å². The number of nitrogens with zero attached hydrogens (tertiary/aromatic N) is 4. The second kappa shape index (κ2) is 7.52. The number of hydrogen-bond acceptors (Lipinski definition) is 4. The SMILES string of the molecule is CN(Cc1csc(-c2ccccc2)n1)C(=O)N[C@@H](c1nccn1C)C1CC1. The maximum absolute atomic E-state index is 12.7. The van der Waals surface area contributed by atoms with Crippen LogP contribution in [0.4, 0.5) is 4.79 Å². The Morgan fingerprint density at radius 1 is 1.37 bits per heavy atom. The summed E-state index contributed by atoms with van der Waals surface area (Å²) in [5.41, 5.74) is 2.00. The normalized spacial score (nSPS) is 14.7. The van der Waals surface area contributed by atoms with Crippen LogP contribution in [0.3, 0.4) is 0 Å². The van der Waals surface area contributed by atoms with Gasteiger partial charge in [-0.1, -0.05) is 30.3 Å². The van der Waals surface area contributed by atoms with Gasteiger partial charge in [0.05, 0.1) is 18.3 Å². The average molecular weight is 382 g/mol. The number of aryl methyl sites for hydroxylation is 1. The third-order valence-electron chi connectivity index (χ3n) is 4.83. The molecule has 6 nitrogen and oxygen atoms in total. The van der Waals surface area contributed by atoms with Crippen molar-refractivity contribution in [1.29, 1.82) is 0 Å². The Bertz CT molecular complexity index is 915. The van der Waals surface area contributed by atoms with E-state index in [0.717, 1.165) is 34.9 Å². The summed E-state index contributed by atoms with van der Waals surface area (Å²) >= 11 is 1.60. The zero-order valence-electron chi connectivity index (χ0n) is 15.5. The Morgan fingerprint density at radius 2 is 2.15 bits per heavy atom. The van der Waals surface area contributed by atoms with Crippen LogP contribution in [0.1, 0.15) is 30.4 Å². The molecule has 1 saturated carbocycles. The summed E-state index contributed by atoms with van der Waals surface area (Å²) < 4.78 is 1.98. The molecule has 1 aliphatic carbocycles. The first-order chi connectivity index (χ1) is 13.1. The lowest BCUT2D eigenvalue weighted by molar-refractivity contribution is 0.199. The summed E-state index contributed by atoms with van der Waals surface area (Å²) in [6.07, 6.45) is 5.96. The van der Waals surface area contributed by atoms with Crippen LogP contribution in [0.25, 0.3) is 10.6 Å². The molecule has 2 aromatic heterocycles. The summed E-state index contributed by atoms with van der Waals surface area (Å²) in [5, 5.41) is 6.15. The zero-order valence-corrected chi connectivity index (χ0v) is 16.3. The minimum atomic E-state index is -0.0934. The summed E-state index contributed by atoms with van der Waals surface area (Å²) in [7, 11) is 3.77. The van der Waals surface area contributed by atoms with Gasteiger partial charge in [-0.2, -0.15) is 0 Å². The molecule has 1 aliphatic rings. The highest BCUT2D eigenvalue weighted by molar-refractivity contribution is 7.13. The van der Waals surface area contributed by atoms with Crippen molar-refractivity contribution in [3.05, 3.63) is 59.6 Å². The van der Waals surface area contributed by atoms with Crippen molar-refractivity contribution in [1.82, 2.24) is 24.8 Å². The van der Waals surface area contributed by atoms with E-state index < -0.39 is 0 Å². The monoisotopic (exact) mass is 381 g/mol. The van der Waals surface area contributed by atoms with Gasteiger partial charge >= 0.3 is 6.03 Å². The number of carbonyl (C=O) groups excluding carboxylic acids is 1. The first-order valence-electron chi connectivity index (χ1n) is 9.10. The Hall–Kier alpha value is -2.67. The van der Waals surface area contributed by atoms with Crippen LogP contribution in [0.5, 0.6) is 0 Å². The van der Waals surface area contributed by atoms with Crippen molar-refractivity contribution >= 4 is 17.4 Å². The van der Waals surface area contributed by atoms with E-state index in [9.17, 15) is 4.79 Å². The largest absolute Gasteiger partial charge is 0.336 e. The maximum atomic E-state index is 12.7. The van der Waals surface area contributed by atoms with E-state index in [1.165, 1.54) is 0 Å². The van der Waals surface area contributed by atoms with E-state index in [-0.39, 0.29) is 12.1 Å². The third-order valence-corrected chi connectivity index (χ3v) is 5.77. The van der Waals surface area contributed by atoms with E-state index in [0.29, 0.717) is 12.5 Å². The van der Waals surface area contributed by atoms with Gasteiger partial charge in [0.15, 0.2) is 0 Å². The van der Waals surface area contributed by atoms with E-state index in [1.807, 2.05) is 53.5 Å². The van der Waals surface area contributed by atoms with Crippen LogP contribution in [-0.4, -0.2) is 32.5 Å². The van der Waals surface area contributed by atoms with Crippen molar-refractivity contribution in [2.75, 3.05) is 7.05 Å². The standard InChI is InChI=1S/C20H23N5OS/c1-24-11-10-21-18(24)17(14-8-9-14)23-20(26)25(2)12-16-13-27-19(22-16)15-6-4-3-5-7-15/h3-7,10-11,13-14,17H,8-9,12H2,1-2H3,(H,23,26)/t17-/m1/s1. The lowest BCUT2D eigenvalue weighted by atomic mass is 10.1. The molecule has 27 heavy (non-hydrogen) atoms. The number of thiazole rings is 1.